The number of fused-ring (bicyclic) bond motifs is 1. The summed E-state index contributed by atoms with van der Waals surface area (Å²) in [4.78, 5) is 32.7. The first-order valence-corrected chi connectivity index (χ1v) is 16.5. The van der Waals surface area contributed by atoms with Crippen molar-refractivity contribution in [2.24, 2.45) is 5.92 Å². The molecule has 0 unspecified atom stereocenters. The Hall–Kier alpha value is -5.00. The van der Waals surface area contributed by atoms with Crippen molar-refractivity contribution in [3.8, 4) is 28.7 Å². The molecule has 6 rings (SSSR count). The molecule has 3 aromatic carbocycles. The second-order valence-electron chi connectivity index (χ2n) is 12.2. The summed E-state index contributed by atoms with van der Waals surface area (Å²) in [6.07, 6.45) is 4.96. The second kappa shape index (κ2) is 15.0. The normalized spacial score (nSPS) is 13.7. The van der Waals surface area contributed by atoms with Crippen molar-refractivity contribution in [1.82, 2.24) is 19.7 Å². The van der Waals surface area contributed by atoms with Crippen LogP contribution in [0.3, 0.4) is 0 Å². The first kappa shape index (κ1) is 33.9. The molecule has 3 heterocycles. The van der Waals surface area contributed by atoms with Crippen LogP contribution in [0.5, 0.6) is 23.0 Å². The summed E-state index contributed by atoms with van der Waals surface area (Å²) in [5.74, 6) is 0.895. The van der Waals surface area contributed by atoms with E-state index in [1.165, 1.54) is 31.0 Å². The number of likely N-dealkylation sites (tertiary alicyclic amines) is 1. The monoisotopic (exact) mass is 685 g/mol. The molecule has 0 bridgehead atoms. The fourth-order valence-corrected chi connectivity index (χ4v) is 5.88. The maximum atomic E-state index is 15.4. The summed E-state index contributed by atoms with van der Waals surface area (Å²) in [6.45, 7) is 7.70. The molecule has 1 aliphatic heterocycles. The van der Waals surface area contributed by atoms with Crippen molar-refractivity contribution in [3.05, 3.63) is 105 Å². The van der Waals surface area contributed by atoms with E-state index in [-0.39, 0.29) is 17.1 Å². The minimum atomic E-state index is -0.700. The Bertz CT molecular complexity index is 2030. The molecule has 1 aliphatic rings. The number of hydrogen-bond donors (Lipinski definition) is 1. The molecule has 0 aliphatic carbocycles. The van der Waals surface area contributed by atoms with Gasteiger partial charge in [-0.05, 0) is 99.3 Å². The van der Waals surface area contributed by atoms with E-state index < -0.39 is 17.3 Å². The largest absolute Gasteiger partial charge is 0.493 e. The van der Waals surface area contributed by atoms with Crippen LogP contribution in [0.2, 0.25) is 5.02 Å². The number of rotatable bonds is 11. The van der Waals surface area contributed by atoms with E-state index in [2.05, 4.69) is 27.2 Å². The quantitative estimate of drug-likeness (QED) is 0.143. The van der Waals surface area contributed by atoms with E-state index in [0.29, 0.717) is 51.0 Å². The third-order valence-corrected chi connectivity index (χ3v) is 8.81. The number of nitrogens with one attached hydrogen (secondary N) is 1. The van der Waals surface area contributed by atoms with Crippen LogP contribution in [0.25, 0.3) is 16.6 Å². The van der Waals surface area contributed by atoms with Crippen LogP contribution in [0.15, 0.2) is 77.7 Å². The van der Waals surface area contributed by atoms with E-state index in [9.17, 15) is 9.59 Å². The molecule has 2 aromatic heterocycles. The molecule has 12 heteroatoms. The van der Waals surface area contributed by atoms with E-state index in [0.717, 1.165) is 42.7 Å². The number of ether oxygens (including phenoxy) is 3. The van der Waals surface area contributed by atoms with Crippen molar-refractivity contribution in [2.75, 3.05) is 38.7 Å². The van der Waals surface area contributed by atoms with Crippen LogP contribution < -0.4 is 25.1 Å². The number of piperidine rings is 1. The standard InChI is InChI=1S/C37H37ClFN5O5/c1-23-12-16-43(17-13-23)15-4-18-48-34-22-30-28(21-33(34)47-3)31(11-14-40-30)49-32-10-7-26(20-29(32)39)41-37(46)36-24(2)19-35(45)44(42-36)27-8-5-25(38)6-9-27/h5-11,14,19-23H,4,12-13,15-18H2,1-3H3,(H,41,46). The number of carbonyl (C=O) groups excluding carboxylic acids is 1. The zero-order valence-corrected chi connectivity index (χ0v) is 28.3. The summed E-state index contributed by atoms with van der Waals surface area (Å²) in [7, 11) is 1.57. The van der Waals surface area contributed by atoms with Gasteiger partial charge in [0.1, 0.15) is 5.75 Å². The maximum Gasteiger partial charge on any atom is 0.276 e. The summed E-state index contributed by atoms with van der Waals surface area (Å²) >= 11 is 5.97. The number of amides is 1. The predicted octanol–water partition coefficient (Wildman–Crippen LogP) is 7.44. The molecule has 1 fully saturated rings. The predicted molar refractivity (Wildman–Crippen MR) is 187 cm³/mol. The first-order chi connectivity index (χ1) is 23.7. The number of aryl methyl sites for hydroxylation is 1. The summed E-state index contributed by atoms with van der Waals surface area (Å²) < 4.78 is 34.2. The number of halogens is 2. The van der Waals surface area contributed by atoms with Gasteiger partial charge in [-0.1, -0.05) is 18.5 Å². The molecule has 5 aromatic rings. The smallest absolute Gasteiger partial charge is 0.276 e. The highest BCUT2D eigenvalue weighted by atomic mass is 35.5. The van der Waals surface area contributed by atoms with Gasteiger partial charge in [0.25, 0.3) is 11.5 Å². The van der Waals surface area contributed by atoms with Crippen LogP contribution in [-0.4, -0.2) is 58.9 Å². The van der Waals surface area contributed by atoms with Gasteiger partial charge in [0.2, 0.25) is 0 Å². The van der Waals surface area contributed by atoms with Crippen LogP contribution in [0.1, 0.15) is 42.2 Å². The van der Waals surface area contributed by atoms with Crippen LogP contribution in [0.4, 0.5) is 10.1 Å². The number of methoxy groups -OCH3 is 1. The van der Waals surface area contributed by atoms with Crippen LogP contribution in [0, 0.1) is 18.7 Å². The topological polar surface area (TPSA) is 108 Å². The van der Waals surface area contributed by atoms with Gasteiger partial charge in [0.05, 0.1) is 24.9 Å². The molecule has 1 amide bonds. The van der Waals surface area contributed by atoms with E-state index in [1.807, 2.05) is 0 Å². The van der Waals surface area contributed by atoms with E-state index in [1.54, 1.807) is 62.7 Å². The van der Waals surface area contributed by atoms with Crippen molar-refractivity contribution < 1.29 is 23.4 Å². The lowest BCUT2D eigenvalue weighted by Crippen LogP contribution is -2.34. The van der Waals surface area contributed by atoms with Crippen LogP contribution in [-0.2, 0) is 0 Å². The molecule has 49 heavy (non-hydrogen) atoms. The minimum absolute atomic E-state index is 0.00694. The van der Waals surface area contributed by atoms with E-state index in [4.69, 9.17) is 25.8 Å². The molecular formula is C37H37ClFN5O5. The summed E-state index contributed by atoms with van der Waals surface area (Å²) in [5.41, 5.74) is 1.19. The lowest BCUT2D eigenvalue weighted by atomic mass is 9.99. The highest BCUT2D eigenvalue weighted by Gasteiger charge is 2.19. The Morgan fingerprint density at radius 3 is 2.51 bits per heavy atom. The number of carbonyl (C=O) groups is 1. The van der Waals surface area contributed by atoms with Crippen molar-refractivity contribution in [1.29, 1.82) is 0 Å². The van der Waals surface area contributed by atoms with Gasteiger partial charge in [-0.2, -0.15) is 9.78 Å². The lowest BCUT2D eigenvalue weighted by Gasteiger charge is -2.30. The third kappa shape index (κ3) is 8.01. The fraction of sp³-hybridized carbons (Fsp3) is 0.297. The SMILES string of the molecule is COc1cc2c(Oc3ccc(NC(=O)c4nn(-c5ccc(Cl)cc5)c(=O)cc4C)cc3F)ccnc2cc1OCCCN1CCC(C)CC1. The molecule has 1 N–H and O–H groups in total. The van der Waals surface area contributed by atoms with Gasteiger partial charge in [-0.25, -0.2) is 4.39 Å². The molecule has 1 saturated heterocycles. The third-order valence-electron chi connectivity index (χ3n) is 8.56. The average molecular weight is 686 g/mol. The maximum absolute atomic E-state index is 15.4. The highest BCUT2D eigenvalue weighted by Crippen LogP contribution is 2.38. The average Bonchev–Trinajstić information content (AvgIpc) is 3.09. The number of pyridine rings is 1. The van der Waals surface area contributed by atoms with Gasteiger partial charge in [-0.15, -0.1) is 0 Å². The number of anilines is 1. The number of benzene rings is 3. The molecule has 0 saturated carbocycles. The molecule has 254 valence electrons. The Morgan fingerprint density at radius 1 is 1.00 bits per heavy atom. The number of hydrogen-bond acceptors (Lipinski definition) is 8. The van der Waals surface area contributed by atoms with Gasteiger partial charge in [0, 0.05) is 47.0 Å². The van der Waals surface area contributed by atoms with Gasteiger partial charge in [0.15, 0.2) is 28.8 Å². The molecular weight excluding hydrogens is 649 g/mol. The minimum Gasteiger partial charge on any atom is -0.493 e. The fourth-order valence-electron chi connectivity index (χ4n) is 5.75. The first-order valence-electron chi connectivity index (χ1n) is 16.2. The Kier molecular flexibility index (Phi) is 10.4. The summed E-state index contributed by atoms with van der Waals surface area (Å²) in [5, 5.41) is 8.02. The zero-order valence-electron chi connectivity index (χ0n) is 27.5. The molecule has 0 radical (unpaired) electrons. The molecule has 10 nitrogen and oxygen atoms in total. The van der Waals surface area contributed by atoms with Crippen molar-refractivity contribution >= 4 is 34.1 Å². The second-order valence-corrected chi connectivity index (χ2v) is 12.6. The highest BCUT2D eigenvalue weighted by molar-refractivity contribution is 6.30. The molecule has 0 atom stereocenters. The Balaban J connectivity index is 1.14. The summed E-state index contributed by atoms with van der Waals surface area (Å²) in [6, 6.07) is 17.1. The van der Waals surface area contributed by atoms with Crippen LogP contribution >= 0.6 is 11.6 Å². The van der Waals surface area contributed by atoms with Gasteiger partial charge in [-0.3, -0.25) is 14.6 Å². The Morgan fingerprint density at radius 2 is 1.78 bits per heavy atom. The lowest BCUT2D eigenvalue weighted by molar-refractivity contribution is 0.102. The number of aromatic nitrogens is 3. The van der Waals surface area contributed by atoms with Gasteiger partial charge < -0.3 is 24.4 Å². The van der Waals surface area contributed by atoms with E-state index >= 15 is 4.39 Å². The zero-order chi connectivity index (χ0) is 34.5. The van der Waals surface area contributed by atoms with Crippen molar-refractivity contribution in [2.45, 2.75) is 33.1 Å². The Labute approximate surface area is 288 Å². The number of nitrogens with zero attached hydrogens (tertiary/aromatic N) is 4. The van der Waals surface area contributed by atoms with Crippen molar-refractivity contribution in [3.63, 3.8) is 0 Å². The molecule has 0 spiro atoms. The van der Waals surface area contributed by atoms with Gasteiger partial charge >= 0.3 is 0 Å².